The van der Waals surface area contributed by atoms with Crippen LogP contribution in [0.3, 0.4) is 0 Å². The number of hydrogen-bond donors (Lipinski definition) is 1. The summed E-state index contributed by atoms with van der Waals surface area (Å²) in [6.45, 7) is 0. The maximum atomic E-state index is 11.3. The first kappa shape index (κ1) is 10.7. The SMILES string of the molecule is COC(=O)c1cc(NC=O)ccc1C#N. The zero-order valence-corrected chi connectivity index (χ0v) is 7.98. The largest absolute Gasteiger partial charge is 0.465 e. The first-order chi connectivity index (χ1) is 7.22. The van der Waals surface area contributed by atoms with Gasteiger partial charge in [-0.2, -0.15) is 5.26 Å². The molecule has 0 heterocycles. The Labute approximate surface area is 86.3 Å². The Morgan fingerprint density at radius 3 is 2.87 bits per heavy atom. The Balaban J connectivity index is 3.20. The number of anilines is 1. The number of rotatable bonds is 3. The van der Waals surface area contributed by atoms with Crippen molar-refractivity contribution < 1.29 is 14.3 Å². The highest BCUT2D eigenvalue weighted by molar-refractivity contribution is 5.93. The zero-order valence-electron chi connectivity index (χ0n) is 7.98. The van der Waals surface area contributed by atoms with E-state index in [0.29, 0.717) is 12.1 Å². The van der Waals surface area contributed by atoms with E-state index in [-0.39, 0.29) is 11.1 Å². The highest BCUT2D eigenvalue weighted by atomic mass is 16.5. The fourth-order valence-corrected chi connectivity index (χ4v) is 1.08. The normalized spacial score (nSPS) is 8.80. The third-order valence-electron chi connectivity index (χ3n) is 1.77. The number of hydrogen-bond acceptors (Lipinski definition) is 4. The van der Waals surface area contributed by atoms with E-state index in [1.54, 1.807) is 0 Å². The van der Waals surface area contributed by atoms with Gasteiger partial charge in [-0.15, -0.1) is 0 Å². The number of benzene rings is 1. The summed E-state index contributed by atoms with van der Waals surface area (Å²) >= 11 is 0. The Hall–Kier alpha value is -2.35. The van der Waals surface area contributed by atoms with Crippen LogP contribution < -0.4 is 5.32 Å². The Bertz CT molecular complexity index is 435. The average molecular weight is 204 g/mol. The van der Waals surface area contributed by atoms with E-state index in [0.717, 1.165) is 0 Å². The number of nitrogens with one attached hydrogen (secondary N) is 1. The predicted octanol–water partition coefficient (Wildman–Crippen LogP) is 0.913. The van der Waals surface area contributed by atoms with E-state index >= 15 is 0 Å². The highest BCUT2D eigenvalue weighted by Gasteiger charge is 2.12. The number of esters is 1. The lowest BCUT2D eigenvalue weighted by atomic mass is 10.1. The molecule has 0 fully saturated rings. The molecule has 0 aliphatic rings. The van der Waals surface area contributed by atoms with Crippen molar-refractivity contribution in [1.82, 2.24) is 0 Å². The summed E-state index contributed by atoms with van der Waals surface area (Å²) in [5.74, 6) is -0.610. The fraction of sp³-hybridized carbons (Fsp3) is 0.100. The number of nitriles is 1. The topological polar surface area (TPSA) is 79.2 Å². The van der Waals surface area contributed by atoms with Gasteiger partial charge in [0.25, 0.3) is 0 Å². The van der Waals surface area contributed by atoms with Crippen LogP contribution in [-0.4, -0.2) is 19.5 Å². The summed E-state index contributed by atoms with van der Waals surface area (Å²) in [6, 6.07) is 6.22. The van der Waals surface area contributed by atoms with Gasteiger partial charge >= 0.3 is 5.97 Å². The van der Waals surface area contributed by atoms with Crippen LogP contribution in [-0.2, 0) is 9.53 Å². The Kier molecular flexibility index (Phi) is 3.41. The Morgan fingerprint density at radius 1 is 1.60 bits per heavy atom. The van der Waals surface area contributed by atoms with Crippen LogP contribution in [0, 0.1) is 11.3 Å². The molecule has 0 bridgehead atoms. The summed E-state index contributed by atoms with van der Waals surface area (Å²) in [5, 5.41) is 11.1. The molecule has 5 heteroatoms. The molecule has 5 nitrogen and oxygen atoms in total. The molecule has 1 aromatic rings. The quantitative estimate of drug-likeness (QED) is 0.586. The van der Waals surface area contributed by atoms with Crippen LogP contribution in [0.2, 0.25) is 0 Å². The predicted molar refractivity (Wildman–Crippen MR) is 52.2 cm³/mol. The first-order valence-electron chi connectivity index (χ1n) is 4.05. The minimum Gasteiger partial charge on any atom is -0.465 e. The van der Waals surface area contributed by atoms with Crippen molar-refractivity contribution in [1.29, 1.82) is 5.26 Å². The van der Waals surface area contributed by atoms with E-state index in [1.165, 1.54) is 25.3 Å². The molecule has 0 spiro atoms. The number of amides is 1. The van der Waals surface area contributed by atoms with Crippen LogP contribution in [0.1, 0.15) is 15.9 Å². The third-order valence-corrected chi connectivity index (χ3v) is 1.77. The monoisotopic (exact) mass is 204 g/mol. The summed E-state index contributed by atoms with van der Waals surface area (Å²) in [6.07, 6.45) is 0.489. The molecule has 0 unspecified atom stereocenters. The molecule has 0 aliphatic heterocycles. The molecule has 0 saturated heterocycles. The van der Waals surface area contributed by atoms with Crippen molar-refractivity contribution in [3.63, 3.8) is 0 Å². The molecule has 0 saturated carbocycles. The van der Waals surface area contributed by atoms with Crippen LogP contribution in [0.5, 0.6) is 0 Å². The van der Waals surface area contributed by atoms with Gasteiger partial charge in [0, 0.05) is 5.69 Å². The van der Waals surface area contributed by atoms with Gasteiger partial charge in [0.05, 0.1) is 18.2 Å². The second-order valence-electron chi connectivity index (χ2n) is 2.63. The molecule has 1 aromatic carbocycles. The maximum absolute atomic E-state index is 11.3. The van der Waals surface area contributed by atoms with E-state index in [4.69, 9.17) is 5.26 Å². The van der Waals surface area contributed by atoms with Crippen molar-refractivity contribution in [2.24, 2.45) is 0 Å². The summed E-state index contributed by atoms with van der Waals surface area (Å²) in [4.78, 5) is 21.4. The summed E-state index contributed by atoms with van der Waals surface area (Å²) in [7, 11) is 1.23. The standard InChI is InChI=1S/C10H8N2O3/c1-15-10(14)9-4-8(12-6-13)3-2-7(9)5-11/h2-4,6H,1H3,(H,12,13). The Morgan fingerprint density at radius 2 is 2.33 bits per heavy atom. The van der Waals surface area contributed by atoms with Crippen molar-refractivity contribution >= 4 is 18.1 Å². The molecule has 0 radical (unpaired) electrons. The maximum Gasteiger partial charge on any atom is 0.339 e. The second kappa shape index (κ2) is 4.77. The molecule has 1 rings (SSSR count). The smallest absolute Gasteiger partial charge is 0.339 e. The summed E-state index contributed by atoms with van der Waals surface area (Å²) < 4.78 is 4.51. The minimum atomic E-state index is -0.610. The molecule has 1 amide bonds. The van der Waals surface area contributed by atoms with Crippen molar-refractivity contribution in [2.75, 3.05) is 12.4 Å². The molecule has 0 atom stereocenters. The zero-order chi connectivity index (χ0) is 11.3. The fourth-order valence-electron chi connectivity index (χ4n) is 1.08. The average Bonchev–Trinajstić information content (AvgIpc) is 2.28. The lowest BCUT2D eigenvalue weighted by molar-refractivity contribution is -0.105. The molecule has 15 heavy (non-hydrogen) atoms. The van der Waals surface area contributed by atoms with E-state index in [2.05, 4.69) is 10.1 Å². The van der Waals surface area contributed by atoms with Gasteiger partial charge in [-0.1, -0.05) is 0 Å². The van der Waals surface area contributed by atoms with Crippen LogP contribution in [0.15, 0.2) is 18.2 Å². The van der Waals surface area contributed by atoms with Crippen LogP contribution in [0.4, 0.5) is 5.69 Å². The molecule has 76 valence electrons. The van der Waals surface area contributed by atoms with Gasteiger partial charge in [0.2, 0.25) is 6.41 Å². The van der Waals surface area contributed by atoms with Gasteiger partial charge in [-0.3, -0.25) is 4.79 Å². The van der Waals surface area contributed by atoms with Crippen molar-refractivity contribution in [3.8, 4) is 6.07 Å². The summed E-state index contributed by atoms with van der Waals surface area (Å²) in [5.41, 5.74) is 0.773. The van der Waals surface area contributed by atoms with Crippen molar-refractivity contribution in [2.45, 2.75) is 0 Å². The molecule has 1 N–H and O–H groups in total. The second-order valence-corrected chi connectivity index (χ2v) is 2.63. The lowest BCUT2D eigenvalue weighted by Crippen LogP contribution is -2.05. The first-order valence-corrected chi connectivity index (χ1v) is 4.05. The van der Waals surface area contributed by atoms with Crippen LogP contribution in [0.25, 0.3) is 0 Å². The van der Waals surface area contributed by atoms with Gasteiger partial charge in [-0.05, 0) is 18.2 Å². The number of carbonyl (C=O) groups is 2. The van der Waals surface area contributed by atoms with Crippen molar-refractivity contribution in [3.05, 3.63) is 29.3 Å². The van der Waals surface area contributed by atoms with Crippen LogP contribution >= 0.6 is 0 Å². The minimum absolute atomic E-state index is 0.131. The number of ether oxygens (including phenoxy) is 1. The number of carbonyl (C=O) groups excluding carboxylic acids is 2. The third kappa shape index (κ3) is 2.31. The van der Waals surface area contributed by atoms with Gasteiger partial charge in [0.1, 0.15) is 6.07 Å². The molecule has 0 aromatic heterocycles. The number of methoxy groups -OCH3 is 1. The van der Waals surface area contributed by atoms with E-state index < -0.39 is 5.97 Å². The van der Waals surface area contributed by atoms with E-state index in [1.807, 2.05) is 6.07 Å². The van der Waals surface area contributed by atoms with Gasteiger partial charge in [0.15, 0.2) is 0 Å². The van der Waals surface area contributed by atoms with E-state index in [9.17, 15) is 9.59 Å². The highest BCUT2D eigenvalue weighted by Crippen LogP contribution is 2.15. The molecular formula is C10H8N2O3. The number of nitrogens with zero attached hydrogens (tertiary/aromatic N) is 1. The molecular weight excluding hydrogens is 196 g/mol. The molecule has 0 aliphatic carbocycles. The van der Waals surface area contributed by atoms with Gasteiger partial charge in [-0.25, -0.2) is 4.79 Å². The lowest BCUT2D eigenvalue weighted by Gasteiger charge is -2.04. The van der Waals surface area contributed by atoms with Gasteiger partial charge < -0.3 is 10.1 Å².